The molecule has 0 bridgehead atoms. The van der Waals surface area contributed by atoms with Crippen LogP contribution in [-0.2, 0) is 4.79 Å². The third kappa shape index (κ3) is 7.53. The number of thioether (sulfide) groups is 1. The third-order valence-corrected chi connectivity index (χ3v) is 2.65. The maximum absolute atomic E-state index is 11.6. The lowest BCUT2D eigenvalue weighted by molar-refractivity contribution is -0.113. The van der Waals surface area contributed by atoms with Crippen LogP contribution in [0.25, 0.3) is 0 Å². The zero-order valence-electron chi connectivity index (χ0n) is 10.2. The number of nitrogens with one attached hydrogen (secondary N) is 1. The van der Waals surface area contributed by atoms with Gasteiger partial charge in [0.15, 0.2) is 5.96 Å². The second kappa shape index (κ2) is 8.41. The van der Waals surface area contributed by atoms with Gasteiger partial charge in [-0.05, 0) is 19.1 Å². The molecule has 0 amide bonds. The Kier molecular flexibility index (Phi) is 8.01. The summed E-state index contributed by atoms with van der Waals surface area (Å²) in [4.78, 5) is 15.5. The van der Waals surface area contributed by atoms with Crippen LogP contribution in [0.15, 0.2) is 4.99 Å². The van der Waals surface area contributed by atoms with E-state index < -0.39 is 0 Å². The van der Waals surface area contributed by atoms with Crippen molar-refractivity contribution in [3.63, 3.8) is 0 Å². The number of rotatable bonds is 7. The lowest BCUT2D eigenvalue weighted by Crippen LogP contribution is -2.39. The smallest absolute Gasteiger partial charge is 0.205 e. The first kappa shape index (κ1) is 15.2. The monoisotopic (exact) mass is 246 g/mol. The molecular formula is C10H22N4OS. The quantitative estimate of drug-likeness (QED) is 0.341. The van der Waals surface area contributed by atoms with Crippen LogP contribution in [0.3, 0.4) is 0 Å². The Balaban J connectivity index is 4.02. The highest BCUT2D eigenvalue weighted by atomic mass is 32.2. The fraction of sp³-hybridized carbons (Fsp3) is 0.800. The third-order valence-electron chi connectivity index (χ3n) is 1.97. The van der Waals surface area contributed by atoms with Gasteiger partial charge in [-0.1, -0.05) is 25.6 Å². The van der Waals surface area contributed by atoms with Gasteiger partial charge in [0, 0.05) is 12.6 Å². The molecule has 5 nitrogen and oxygen atoms in total. The summed E-state index contributed by atoms with van der Waals surface area (Å²) < 4.78 is 0. The van der Waals surface area contributed by atoms with Crippen molar-refractivity contribution in [3.05, 3.63) is 0 Å². The van der Waals surface area contributed by atoms with Crippen LogP contribution < -0.4 is 16.8 Å². The number of nitrogens with two attached hydrogens (primary N) is 2. The topological polar surface area (TPSA) is 93.5 Å². The lowest BCUT2D eigenvalue weighted by atomic mass is 10.1. The number of nitrogens with zero attached hydrogens (tertiary/aromatic N) is 1. The van der Waals surface area contributed by atoms with Gasteiger partial charge in [-0.2, -0.15) is 0 Å². The van der Waals surface area contributed by atoms with Gasteiger partial charge in [0.25, 0.3) is 0 Å². The van der Waals surface area contributed by atoms with E-state index in [4.69, 9.17) is 11.5 Å². The standard InChI is InChI=1S/C10H22N4OS/c1-7(2)14-8(9(15)16-3)5-4-6-13-10(11)12/h7-8,14H,4-6H2,1-3H3,(H4,11,12,13)/t8-/m0/s1. The van der Waals surface area contributed by atoms with Gasteiger partial charge in [0.05, 0.1) is 6.04 Å². The van der Waals surface area contributed by atoms with E-state index in [0.29, 0.717) is 12.6 Å². The summed E-state index contributed by atoms with van der Waals surface area (Å²) in [5.74, 6) is 0.101. The van der Waals surface area contributed by atoms with Gasteiger partial charge in [-0.3, -0.25) is 9.79 Å². The summed E-state index contributed by atoms with van der Waals surface area (Å²) in [5, 5.41) is 3.40. The highest BCUT2D eigenvalue weighted by molar-refractivity contribution is 8.13. The first-order valence-electron chi connectivity index (χ1n) is 5.36. The molecule has 0 rings (SSSR count). The minimum atomic E-state index is -0.107. The predicted molar refractivity (Wildman–Crippen MR) is 70.5 cm³/mol. The zero-order chi connectivity index (χ0) is 12.6. The molecule has 94 valence electrons. The molecule has 0 heterocycles. The molecule has 0 saturated carbocycles. The van der Waals surface area contributed by atoms with Gasteiger partial charge in [0.1, 0.15) is 0 Å². The molecule has 0 saturated heterocycles. The highest BCUT2D eigenvalue weighted by Gasteiger charge is 2.17. The Morgan fingerprint density at radius 2 is 2.06 bits per heavy atom. The molecular weight excluding hydrogens is 224 g/mol. The van der Waals surface area contributed by atoms with E-state index in [2.05, 4.69) is 10.3 Å². The average molecular weight is 246 g/mol. The minimum absolute atomic E-state index is 0.101. The van der Waals surface area contributed by atoms with Crippen LogP contribution in [-0.4, -0.2) is 36.0 Å². The van der Waals surface area contributed by atoms with E-state index >= 15 is 0 Å². The van der Waals surface area contributed by atoms with Crippen molar-refractivity contribution in [2.75, 3.05) is 12.8 Å². The summed E-state index contributed by atoms with van der Waals surface area (Å²) in [6.07, 6.45) is 3.36. The van der Waals surface area contributed by atoms with Crippen LogP contribution in [0.1, 0.15) is 26.7 Å². The number of carbonyl (C=O) groups is 1. The van der Waals surface area contributed by atoms with Crippen LogP contribution in [0, 0.1) is 0 Å². The fourth-order valence-electron chi connectivity index (χ4n) is 1.32. The van der Waals surface area contributed by atoms with Crippen molar-refractivity contribution in [2.45, 2.75) is 38.8 Å². The van der Waals surface area contributed by atoms with Crippen molar-refractivity contribution < 1.29 is 4.79 Å². The number of carbonyl (C=O) groups excluding carboxylic acids is 1. The molecule has 0 aromatic rings. The van der Waals surface area contributed by atoms with E-state index in [9.17, 15) is 4.79 Å². The summed E-state index contributed by atoms with van der Waals surface area (Å²) >= 11 is 1.25. The van der Waals surface area contributed by atoms with E-state index in [1.54, 1.807) is 6.26 Å². The molecule has 0 unspecified atom stereocenters. The van der Waals surface area contributed by atoms with E-state index in [1.807, 2.05) is 13.8 Å². The maximum Gasteiger partial charge on any atom is 0.205 e. The molecule has 0 radical (unpaired) electrons. The Morgan fingerprint density at radius 1 is 1.44 bits per heavy atom. The van der Waals surface area contributed by atoms with Crippen molar-refractivity contribution >= 4 is 22.8 Å². The number of aliphatic imine (C=N–C) groups is 1. The Morgan fingerprint density at radius 3 is 2.50 bits per heavy atom. The SMILES string of the molecule is CSC(=O)[C@H](CCCN=C(N)N)NC(C)C. The molecule has 0 spiro atoms. The lowest BCUT2D eigenvalue weighted by Gasteiger charge is -2.18. The number of hydrogen-bond acceptors (Lipinski definition) is 4. The summed E-state index contributed by atoms with van der Waals surface area (Å²) in [6.45, 7) is 4.62. The number of hydrogen-bond donors (Lipinski definition) is 3. The van der Waals surface area contributed by atoms with Crippen LogP contribution in [0.4, 0.5) is 0 Å². The molecule has 0 aliphatic rings. The van der Waals surface area contributed by atoms with E-state index in [1.165, 1.54) is 11.8 Å². The molecule has 0 aromatic carbocycles. The van der Waals surface area contributed by atoms with Gasteiger partial charge < -0.3 is 16.8 Å². The van der Waals surface area contributed by atoms with Crippen LogP contribution >= 0.6 is 11.8 Å². The first-order chi connectivity index (χ1) is 7.47. The summed E-state index contributed by atoms with van der Waals surface area (Å²) in [6, 6.07) is 0.188. The zero-order valence-corrected chi connectivity index (χ0v) is 11.0. The van der Waals surface area contributed by atoms with E-state index in [-0.39, 0.29) is 17.1 Å². The Labute approximate surface area is 101 Å². The molecule has 16 heavy (non-hydrogen) atoms. The molecule has 0 aromatic heterocycles. The largest absolute Gasteiger partial charge is 0.370 e. The second-order valence-electron chi connectivity index (χ2n) is 3.85. The maximum atomic E-state index is 11.6. The molecule has 5 N–H and O–H groups in total. The molecule has 0 aliphatic carbocycles. The molecule has 1 atom stereocenters. The summed E-state index contributed by atoms with van der Waals surface area (Å²) in [5.41, 5.74) is 10.4. The van der Waals surface area contributed by atoms with Crippen molar-refractivity contribution in [2.24, 2.45) is 16.5 Å². The molecule has 0 fully saturated rings. The normalized spacial score (nSPS) is 12.5. The highest BCUT2D eigenvalue weighted by Crippen LogP contribution is 2.08. The van der Waals surface area contributed by atoms with Gasteiger partial charge in [-0.15, -0.1) is 0 Å². The minimum Gasteiger partial charge on any atom is -0.370 e. The van der Waals surface area contributed by atoms with Gasteiger partial charge in [-0.25, -0.2) is 0 Å². The Hall–Kier alpha value is -0.750. The fourth-order valence-corrected chi connectivity index (χ4v) is 1.79. The summed E-state index contributed by atoms with van der Waals surface area (Å²) in [7, 11) is 0. The molecule has 0 aliphatic heterocycles. The second-order valence-corrected chi connectivity index (χ2v) is 4.66. The van der Waals surface area contributed by atoms with Crippen LogP contribution in [0.2, 0.25) is 0 Å². The first-order valence-corrected chi connectivity index (χ1v) is 6.59. The predicted octanol–water partition coefficient (Wildman–Crippen LogP) is 0.296. The molecule has 6 heteroatoms. The van der Waals surface area contributed by atoms with Gasteiger partial charge >= 0.3 is 0 Å². The van der Waals surface area contributed by atoms with Crippen molar-refractivity contribution in [1.82, 2.24) is 5.32 Å². The van der Waals surface area contributed by atoms with Crippen LogP contribution in [0.5, 0.6) is 0 Å². The number of guanidine groups is 1. The van der Waals surface area contributed by atoms with Crippen molar-refractivity contribution in [3.8, 4) is 0 Å². The van der Waals surface area contributed by atoms with E-state index in [0.717, 1.165) is 12.8 Å². The van der Waals surface area contributed by atoms with Crippen molar-refractivity contribution in [1.29, 1.82) is 0 Å². The van der Waals surface area contributed by atoms with Gasteiger partial charge in [0.2, 0.25) is 5.12 Å². The average Bonchev–Trinajstić information content (AvgIpc) is 2.20. The Bertz CT molecular complexity index is 239.